The van der Waals surface area contributed by atoms with Gasteiger partial charge in [0.25, 0.3) is 0 Å². The molecule has 2 aliphatic rings. The number of carboxylic acid groups (broad SMARTS) is 2. The van der Waals surface area contributed by atoms with Gasteiger partial charge in [-0.1, -0.05) is 28.1 Å². The summed E-state index contributed by atoms with van der Waals surface area (Å²) in [6.45, 7) is 4.94. The van der Waals surface area contributed by atoms with Crippen LogP contribution in [0.5, 0.6) is 0 Å². The maximum Gasteiger partial charge on any atom is 0.414 e. The third-order valence-electron chi connectivity index (χ3n) is 5.02. The number of hydrogen-bond acceptors (Lipinski definition) is 4. The monoisotopic (exact) mass is 454 g/mol. The van der Waals surface area contributed by atoms with Crippen molar-refractivity contribution in [2.45, 2.75) is 38.6 Å². The van der Waals surface area contributed by atoms with Gasteiger partial charge < -0.3 is 15.1 Å². The second-order valence-corrected chi connectivity index (χ2v) is 8.11. The molecule has 2 aliphatic heterocycles. The predicted octanol–water partition coefficient (Wildman–Crippen LogP) is 2.83. The van der Waals surface area contributed by atoms with Crippen LogP contribution in [0.2, 0.25) is 0 Å². The minimum atomic E-state index is -1.82. The van der Waals surface area contributed by atoms with Gasteiger partial charge >= 0.3 is 11.9 Å². The molecule has 1 amide bonds. The molecule has 1 unspecified atom stereocenters. The van der Waals surface area contributed by atoms with Gasteiger partial charge in [-0.15, -0.1) is 0 Å². The van der Waals surface area contributed by atoms with Crippen molar-refractivity contribution in [3.05, 3.63) is 34.3 Å². The number of nitrogens with zero attached hydrogens (tertiary/aromatic N) is 2. The average molecular weight is 455 g/mol. The smallest absolute Gasteiger partial charge is 0.414 e. The number of halogens is 1. The highest BCUT2D eigenvalue weighted by Gasteiger charge is 2.29. The van der Waals surface area contributed by atoms with Crippen LogP contribution in [0.4, 0.5) is 0 Å². The number of rotatable bonds is 3. The first-order chi connectivity index (χ1) is 13.4. The van der Waals surface area contributed by atoms with Crippen molar-refractivity contribution in [3.63, 3.8) is 0 Å². The molecule has 2 N–H and O–H groups in total. The molecule has 28 heavy (non-hydrogen) atoms. The summed E-state index contributed by atoms with van der Waals surface area (Å²) in [5.41, 5.74) is 1.33. The van der Waals surface area contributed by atoms with E-state index in [0.29, 0.717) is 5.91 Å². The maximum absolute atomic E-state index is 12.7. The third-order valence-corrected chi connectivity index (χ3v) is 5.55. The van der Waals surface area contributed by atoms with Crippen molar-refractivity contribution in [2.24, 2.45) is 5.92 Å². The Bertz CT molecular complexity index is 662. The first-order valence-corrected chi connectivity index (χ1v) is 10.4. The van der Waals surface area contributed by atoms with Crippen molar-refractivity contribution in [3.8, 4) is 0 Å². The Morgan fingerprint density at radius 3 is 2.11 bits per heavy atom. The van der Waals surface area contributed by atoms with Crippen LogP contribution >= 0.6 is 15.9 Å². The van der Waals surface area contributed by atoms with Crippen LogP contribution in [-0.2, 0) is 20.9 Å². The zero-order chi connectivity index (χ0) is 20.5. The topological polar surface area (TPSA) is 98.2 Å². The van der Waals surface area contributed by atoms with Gasteiger partial charge in [-0.25, -0.2) is 9.59 Å². The van der Waals surface area contributed by atoms with E-state index in [0.717, 1.165) is 50.0 Å². The largest absolute Gasteiger partial charge is 0.473 e. The van der Waals surface area contributed by atoms with Crippen molar-refractivity contribution in [2.75, 3.05) is 26.2 Å². The number of carboxylic acids is 2. The van der Waals surface area contributed by atoms with E-state index in [1.54, 1.807) is 0 Å². The minimum Gasteiger partial charge on any atom is -0.473 e. The molecule has 7 nitrogen and oxygen atoms in total. The van der Waals surface area contributed by atoms with Crippen LogP contribution in [0.3, 0.4) is 0 Å². The fourth-order valence-corrected chi connectivity index (χ4v) is 3.89. The highest BCUT2D eigenvalue weighted by Crippen LogP contribution is 2.23. The van der Waals surface area contributed by atoms with Gasteiger partial charge in [0, 0.05) is 30.7 Å². The third kappa shape index (κ3) is 7.24. The lowest BCUT2D eigenvalue weighted by atomic mass is 9.95. The molecule has 8 heteroatoms. The summed E-state index contributed by atoms with van der Waals surface area (Å²) in [5.74, 6) is -3.03. The molecule has 2 heterocycles. The van der Waals surface area contributed by atoms with E-state index in [1.807, 2.05) is 0 Å². The second kappa shape index (κ2) is 11.2. The fraction of sp³-hybridized carbons (Fsp3) is 0.550. The van der Waals surface area contributed by atoms with Gasteiger partial charge in [0.1, 0.15) is 0 Å². The summed E-state index contributed by atoms with van der Waals surface area (Å²) < 4.78 is 1.12. The fourth-order valence-electron chi connectivity index (χ4n) is 3.62. The lowest BCUT2D eigenvalue weighted by molar-refractivity contribution is -0.159. The molecule has 0 spiro atoms. The van der Waals surface area contributed by atoms with E-state index in [2.05, 4.69) is 50.0 Å². The normalized spacial score (nSPS) is 20.0. The molecule has 0 radical (unpaired) electrons. The van der Waals surface area contributed by atoms with E-state index < -0.39 is 11.9 Å². The number of hydrogen-bond donors (Lipinski definition) is 2. The van der Waals surface area contributed by atoms with Crippen LogP contribution in [0.15, 0.2) is 28.7 Å². The average Bonchev–Trinajstić information content (AvgIpc) is 2.70. The molecule has 2 saturated heterocycles. The molecular formula is C20H27BrN2O5. The summed E-state index contributed by atoms with van der Waals surface area (Å²) in [6.07, 6.45) is 5.85. The molecule has 0 aromatic heterocycles. The Labute approximate surface area is 173 Å². The van der Waals surface area contributed by atoms with Gasteiger partial charge in [-0.3, -0.25) is 9.69 Å². The summed E-state index contributed by atoms with van der Waals surface area (Å²) in [5, 5.41) is 14.8. The molecule has 1 atom stereocenters. The molecule has 3 rings (SSSR count). The van der Waals surface area contributed by atoms with Crippen molar-refractivity contribution >= 4 is 33.8 Å². The Kier molecular flexibility index (Phi) is 8.92. The van der Waals surface area contributed by atoms with Gasteiger partial charge in [0.15, 0.2) is 0 Å². The van der Waals surface area contributed by atoms with E-state index in [9.17, 15) is 4.79 Å². The second-order valence-electron chi connectivity index (χ2n) is 7.20. The first kappa shape index (κ1) is 22.4. The van der Waals surface area contributed by atoms with E-state index in [1.165, 1.54) is 24.8 Å². The van der Waals surface area contributed by atoms with Gasteiger partial charge in [-0.05, 0) is 56.3 Å². The van der Waals surface area contributed by atoms with Crippen molar-refractivity contribution < 1.29 is 24.6 Å². The lowest BCUT2D eigenvalue weighted by Gasteiger charge is -2.36. The zero-order valence-electron chi connectivity index (χ0n) is 15.8. The predicted molar refractivity (Wildman–Crippen MR) is 108 cm³/mol. The Hall–Kier alpha value is -1.93. The van der Waals surface area contributed by atoms with E-state index in [4.69, 9.17) is 19.8 Å². The number of aliphatic carboxylic acids is 2. The number of amides is 1. The molecule has 0 bridgehead atoms. The van der Waals surface area contributed by atoms with Crippen LogP contribution in [-0.4, -0.2) is 64.0 Å². The number of benzene rings is 1. The van der Waals surface area contributed by atoms with Gasteiger partial charge in [0.05, 0.1) is 5.92 Å². The Morgan fingerprint density at radius 1 is 0.929 bits per heavy atom. The maximum atomic E-state index is 12.7. The van der Waals surface area contributed by atoms with Crippen molar-refractivity contribution in [1.82, 2.24) is 9.80 Å². The Balaban J connectivity index is 0.000000409. The number of carbonyl (C=O) groups excluding carboxylic acids is 1. The van der Waals surface area contributed by atoms with E-state index in [-0.39, 0.29) is 5.92 Å². The summed E-state index contributed by atoms with van der Waals surface area (Å²) in [6, 6.07) is 8.52. The van der Waals surface area contributed by atoms with E-state index >= 15 is 0 Å². The minimum absolute atomic E-state index is 0.210. The molecule has 1 aromatic rings. The molecule has 1 aromatic carbocycles. The highest BCUT2D eigenvalue weighted by molar-refractivity contribution is 9.10. The van der Waals surface area contributed by atoms with Gasteiger partial charge in [-0.2, -0.15) is 0 Å². The lowest BCUT2D eigenvalue weighted by Crippen LogP contribution is -2.46. The van der Waals surface area contributed by atoms with Crippen LogP contribution < -0.4 is 0 Å². The molecule has 154 valence electrons. The zero-order valence-corrected chi connectivity index (χ0v) is 17.4. The molecule has 2 fully saturated rings. The summed E-state index contributed by atoms with van der Waals surface area (Å²) >= 11 is 3.48. The summed E-state index contributed by atoms with van der Waals surface area (Å²) in [7, 11) is 0. The highest BCUT2D eigenvalue weighted by atomic mass is 79.9. The standard InChI is InChI=1S/C18H25BrN2O.C2H2O4/c19-17-8-6-15(7-9-17)13-20-10-4-5-16(14-20)18(22)21-11-2-1-3-12-21;3-1(4)2(5)6/h6-9,16H,1-5,10-14H2;(H,3,4)(H,5,6). The molecule has 0 aliphatic carbocycles. The van der Waals surface area contributed by atoms with Crippen LogP contribution in [0, 0.1) is 5.92 Å². The van der Waals surface area contributed by atoms with Crippen LogP contribution in [0.1, 0.15) is 37.7 Å². The first-order valence-electron chi connectivity index (χ1n) is 9.58. The number of carbonyl (C=O) groups is 3. The Morgan fingerprint density at radius 2 is 1.54 bits per heavy atom. The number of likely N-dealkylation sites (tertiary alicyclic amines) is 2. The number of piperidine rings is 2. The van der Waals surface area contributed by atoms with Crippen molar-refractivity contribution in [1.29, 1.82) is 0 Å². The molecular weight excluding hydrogens is 428 g/mol. The SMILES string of the molecule is O=C(C1CCCN(Cc2ccc(Br)cc2)C1)N1CCCCC1.O=C(O)C(=O)O. The molecule has 0 saturated carbocycles. The quantitative estimate of drug-likeness (QED) is 0.681. The van der Waals surface area contributed by atoms with Gasteiger partial charge in [0.2, 0.25) is 5.91 Å². The van der Waals surface area contributed by atoms with Crippen LogP contribution in [0.25, 0.3) is 0 Å². The summed E-state index contributed by atoms with van der Waals surface area (Å²) in [4.78, 5) is 35.4.